The van der Waals surface area contributed by atoms with Gasteiger partial charge in [-0.2, -0.15) is 0 Å². The van der Waals surface area contributed by atoms with Crippen LogP contribution < -0.4 is 10.6 Å². The van der Waals surface area contributed by atoms with Crippen molar-refractivity contribution < 1.29 is 4.79 Å². The van der Waals surface area contributed by atoms with Crippen molar-refractivity contribution in [3.8, 4) is 0 Å². The molecular formula is C17H26N2O. The van der Waals surface area contributed by atoms with Gasteiger partial charge in [0, 0.05) is 12.1 Å². The molecular weight excluding hydrogens is 248 g/mol. The fourth-order valence-corrected chi connectivity index (χ4v) is 2.75. The smallest absolute Gasteiger partial charge is 0.251 e. The zero-order valence-electron chi connectivity index (χ0n) is 12.8. The van der Waals surface area contributed by atoms with Crippen LogP contribution in [0.5, 0.6) is 0 Å². The van der Waals surface area contributed by atoms with E-state index in [0.29, 0.717) is 5.92 Å². The van der Waals surface area contributed by atoms with E-state index in [-0.39, 0.29) is 11.3 Å². The summed E-state index contributed by atoms with van der Waals surface area (Å²) in [5, 5.41) is 6.46. The first-order valence-electron chi connectivity index (χ1n) is 7.57. The van der Waals surface area contributed by atoms with Crippen molar-refractivity contribution in [1.82, 2.24) is 10.6 Å². The molecule has 0 atom stereocenters. The summed E-state index contributed by atoms with van der Waals surface area (Å²) in [7, 11) is 0. The van der Waals surface area contributed by atoms with Crippen molar-refractivity contribution in [2.24, 2.45) is 5.92 Å². The van der Waals surface area contributed by atoms with E-state index in [9.17, 15) is 4.79 Å². The zero-order valence-corrected chi connectivity index (χ0v) is 12.8. The minimum absolute atomic E-state index is 0.0112. The highest BCUT2D eigenvalue weighted by atomic mass is 16.1. The SMILES string of the molecule is CC(C)(C)c1ccccc1C(=O)NCC1CCNCC1. The lowest BCUT2D eigenvalue weighted by Crippen LogP contribution is -2.36. The summed E-state index contributed by atoms with van der Waals surface area (Å²) in [6.45, 7) is 9.36. The topological polar surface area (TPSA) is 41.1 Å². The molecule has 1 heterocycles. The standard InChI is InChI=1S/C17H26N2O/c1-17(2,3)15-7-5-4-6-14(15)16(20)19-12-13-8-10-18-11-9-13/h4-7,13,18H,8-12H2,1-3H3,(H,19,20). The summed E-state index contributed by atoms with van der Waals surface area (Å²) >= 11 is 0. The Morgan fingerprint density at radius 2 is 1.90 bits per heavy atom. The first-order chi connectivity index (χ1) is 9.48. The summed E-state index contributed by atoms with van der Waals surface area (Å²) in [5.74, 6) is 0.677. The summed E-state index contributed by atoms with van der Waals surface area (Å²) in [6.07, 6.45) is 2.31. The van der Waals surface area contributed by atoms with Crippen LogP contribution in [0, 0.1) is 5.92 Å². The lowest BCUT2D eigenvalue weighted by atomic mass is 9.83. The van der Waals surface area contributed by atoms with Gasteiger partial charge in [-0.1, -0.05) is 39.0 Å². The van der Waals surface area contributed by atoms with E-state index in [0.717, 1.165) is 43.6 Å². The average molecular weight is 274 g/mol. The maximum Gasteiger partial charge on any atom is 0.251 e. The predicted molar refractivity (Wildman–Crippen MR) is 83.1 cm³/mol. The Kier molecular flexibility index (Phi) is 4.81. The first kappa shape index (κ1) is 15.0. The molecule has 0 radical (unpaired) electrons. The highest BCUT2D eigenvalue weighted by Crippen LogP contribution is 2.25. The van der Waals surface area contributed by atoms with Gasteiger partial charge in [0.2, 0.25) is 0 Å². The fraction of sp³-hybridized carbons (Fsp3) is 0.588. The van der Waals surface area contributed by atoms with E-state index in [1.807, 2.05) is 18.2 Å². The van der Waals surface area contributed by atoms with Crippen LogP contribution in [0.25, 0.3) is 0 Å². The molecule has 0 unspecified atom stereocenters. The van der Waals surface area contributed by atoms with Crippen molar-refractivity contribution in [3.63, 3.8) is 0 Å². The van der Waals surface area contributed by atoms with Crippen LogP contribution >= 0.6 is 0 Å². The highest BCUT2D eigenvalue weighted by molar-refractivity contribution is 5.96. The third-order valence-corrected chi connectivity index (χ3v) is 3.99. The predicted octanol–water partition coefficient (Wildman–Crippen LogP) is 2.71. The second kappa shape index (κ2) is 6.40. The maximum atomic E-state index is 12.4. The Morgan fingerprint density at radius 3 is 2.55 bits per heavy atom. The first-order valence-corrected chi connectivity index (χ1v) is 7.57. The molecule has 0 aliphatic carbocycles. The minimum atomic E-state index is -0.0112. The van der Waals surface area contributed by atoms with E-state index in [1.54, 1.807) is 0 Å². The number of carbonyl (C=O) groups excluding carboxylic acids is 1. The van der Waals surface area contributed by atoms with Crippen LogP contribution in [0.3, 0.4) is 0 Å². The molecule has 3 nitrogen and oxygen atoms in total. The molecule has 1 aliphatic heterocycles. The zero-order chi connectivity index (χ0) is 14.6. The lowest BCUT2D eigenvalue weighted by Gasteiger charge is -2.25. The van der Waals surface area contributed by atoms with Crippen LogP contribution in [0.15, 0.2) is 24.3 Å². The molecule has 0 aromatic heterocycles. The minimum Gasteiger partial charge on any atom is -0.352 e. The van der Waals surface area contributed by atoms with Gasteiger partial charge in [0.25, 0.3) is 5.91 Å². The van der Waals surface area contributed by atoms with Gasteiger partial charge in [0.1, 0.15) is 0 Å². The normalized spacial score (nSPS) is 16.9. The molecule has 0 bridgehead atoms. The Morgan fingerprint density at radius 1 is 1.25 bits per heavy atom. The molecule has 0 spiro atoms. The Bertz CT molecular complexity index is 456. The van der Waals surface area contributed by atoms with Crippen LogP contribution in [-0.4, -0.2) is 25.5 Å². The highest BCUT2D eigenvalue weighted by Gasteiger charge is 2.21. The molecule has 20 heavy (non-hydrogen) atoms. The van der Waals surface area contributed by atoms with Gasteiger partial charge in [0.15, 0.2) is 0 Å². The molecule has 110 valence electrons. The Hall–Kier alpha value is -1.35. The lowest BCUT2D eigenvalue weighted by molar-refractivity contribution is 0.0942. The Labute approximate surface area is 122 Å². The van der Waals surface area contributed by atoms with E-state index in [1.165, 1.54) is 0 Å². The number of carbonyl (C=O) groups is 1. The maximum absolute atomic E-state index is 12.4. The van der Waals surface area contributed by atoms with Gasteiger partial charge in [-0.15, -0.1) is 0 Å². The van der Waals surface area contributed by atoms with Crippen molar-refractivity contribution in [2.75, 3.05) is 19.6 Å². The third-order valence-electron chi connectivity index (χ3n) is 3.99. The van der Waals surface area contributed by atoms with Gasteiger partial charge in [-0.25, -0.2) is 0 Å². The van der Waals surface area contributed by atoms with Gasteiger partial charge < -0.3 is 10.6 Å². The summed E-state index contributed by atoms with van der Waals surface area (Å²) in [5.41, 5.74) is 1.92. The number of piperidine rings is 1. The molecule has 1 aromatic rings. The van der Waals surface area contributed by atoms with E-state index in [4.69, 9.17) is 0 Å². The summed E-state index contributed by atoms with van der Waals surface area (Å²) in [4.78, 5) is 12.4. The molecule has 1 aliphatic rings. The van der Waals surface area contributed by atoms with Crippen LogP contribution in [-0.2, 0) is 5.41 Å². The number of rotatable bonds is 3. The second-order valence-electron chi connectivity index (χ2n) is 6.70. The van der Waals surface area contributed by atoms with Crippen molar-refractivity contribution >= 4 is 5.91 Å². The monoisotopic (exact) mass is 274 g/mol. The van der Waals surface area contributed by atoms with E-state index >= 15 is 0 Å². The number of amides is 1. The molecule has 2 rings (SSSR count). The summed E-state index contributed by atoms with van der Waals surface area (Å²) < 4.78 is 0. The van der Waals surface area contributed by atoms with Crippen molar-refractivity contribution in [3.05, 3.63) is 35.4 Å². The molecule has 3 heteroatoms. The van der Waals surface area contributed by atoms with Gasteiger partial charge >= 0.3 is 0 Å². The van der Waals surface area contributed by atoms with Gasteiger partial charge in [-0.05, 0) is 48.9 Å². The molecule has 1 aromatic carbocycles. The van der Waals surface area contributed by atoms with Crippen LogP contribution in [0.4, 0.5) is 0 Å². The van der Waals surface area contributed by atoms with Crippen LogP contribution in [0.2, 0.25) is 0 Å². The van der Waals surface area contributed by atoms with Gasteiger partial charge in [-0.3, -0.25) is 4.79 Å². The molecule has 1 saturated heterocycles. The second-order valence-corrected chi connectivity index (χ2v) is 6.70. The number of hydrogen-bond donors (Lipinski definition) is 2. The quantitative estimate of drug-likeness (QED) is 0.890. The number of benzene rings is 1. The number of hydrogen-bond acceptors (Lipinski definition) is 2. The average Bonchev–Trinajstić information content (AvgIpc) is 2.45. The Balaban J connectivity index is 2.02. The molecule has 1 amide bonds. The molecule has 0 saturated carbocycles. The molecule has 1 fully saturated rings. The van der Waals surface area contributed by atoms with Crippen molar-refractivity contribution in [2.45, 2.75) is 39.0 Å². The largest absolute Gasteiger partial charge is 0.352 e. The fourth-order valence-electron chi connectivity index (χ4n) is 2.75. The molecule has 2 N–H and O–H groups in total. The van der Waals surface area contributed by atoms with E-state index < -0.39 is 0 Å². The van der Waals surface area contributed by atoms with Gasteiger partial charge in [0.05, 0.1) is 0 Å². The van der Waals surface area contributed by atoms with Crippen molar-refractivity contribution in [1.29, 1.82) is 0 Å². The third kappa shape index (κ3) is 3.83. The van der Waals surface area contributed by atoms with Crippen LogP contribution in [0.1, 0.15) is 49.5 Å². The van der Waals surface area contributed by atoms with E-state index in [2.05, 4.69) is 37.5 Å². The summed E-state index contributed by atoms with van der Waals surface area (Å²) in [6, 6.07) is 7.93. The number of nitrogens with one attached hydrogen (secondary N) is 2.